The molecule has 0 atom stereocenters. The summed E-state index contributed by atoms with van der Waals surface area (Å²) < 4.78 is 28.1. The number of sulfonamides is 1. The summed E-state index contributed by atoms with van der Waals surface area (Å²) in [5, 5.41) is 10.5. The summed E-state index contributed by atoms with van der Waals surface area (Å²) in [5.41, 5.74) is 0.974. The van der Waals surface area contributed by atoms with Crippen LogP contribution in [-0.4, -0.2) is 19.4 Å². The molecule has 1 aromatic carbocycles. The van der Waals surface area contributed by atoms with Gasteiger partial charge in [-0.1, -0.05) is 0 Å². The van der Waals surface area contributed by atoms with Gasteiger partial charge in [0.25, 0.3) is 5.91 Å². The summed E-state index contributed by atoms with van der Waals surface area (Å²) >= 11 is 4.84. The second kappa shape index (κ2) is 5.61. The number of rotatable bonds is 3. The lowest BCUT2D eigenvalue weighted by molar-refractivity contribution is -0.115. The fraction of sp³-hybridized carbons (Fsp3) is 0. The molecule has 1 amide bonds. The molecule has 4 N–H and O–H groups in total. The van der Waals surface area contributed by atoms with Crippen LogP contribution in [0.3, 0.4) is 0 Å². The predicted molar refractivity (Wildman–Crippen MR) is 87.4 cm³/mol. The van der Waals surface area contributed by atoms with Gasteiger partial charge < -0.3 is 9.73 Å². The highest BCUT2D eigenvalue weighted by Crippen LogP contribution is 2.24. The van der Waals surface area contributed by atoms with E-state index in [9.17, 15) is 13.2 Å². The van der Waals surface area contributed by atoms with Crippen LogP contribution in [0.15, 0.2) is 51.4 Å². The van der Waals surface area contributed by atoms with Gasteiger partial charge in [0.15, 0.2) is 5.11 Å². The second-order valence-corrected chi connectivity index (χ2v) is 6.71. The molecule has 0 aliphatic carbocycles. The van der Waals surface area contributed by atoms with Gasteiger partial charge >= 0.3 is 0 Å². The van der Waals surface area contributed by atoms with Gasteiger partial charge in [0.2, 0.25) is 10.0 Å². The standard InChI is InChI=1S/C14H11N3O4S2/c15-23(19,20)10-4-1-8(2-5-10)12-6-3-9(21-12)7-11-13(18)17-14(22)16-11/h1-7H,(H2,15,19,20)(H2,16,17,18,22). The van der Waals surface area contributed by atoms with E-state index in [4.69, 9.17) is 21.8 Å². The molecule has 23 heavy (non-hydrogen) atoms. The number of nitrogens with two attached hydrogens (primary N) is 1. The lowest BCUT2D eigenvalue weighted by Crippen LogP contribution is -2.21. The molecule has 2 heterocycles. The Balaban J connectivity index is 1.86. The maximum atomic E-state index is 11.6. The Kier molecular flexibility index (Phi) is 3.76. The van der Waals surface area contributed by atoms with Crippen molar-refractivity contribution in [3.8, 4) is 11.3 Å². The monoisotopic (exact) mass is 349 g/mol. The third-order valence-corrected chi connectivity index (χ3v) is 4.23. The smallest absolute Gasteiger partial charge is 0.274 e. The molecule has 2 aromatic rings. The average molecular weight is 349 g/mol. The molecule has 118 valence electrons. The minimum Gasteiger partial charge on any atom is -0.457 e. The number of benzene rings is 1. The number of nitrogens with one attached hydrogen (secondary N) is 2. The van der Waals surface area contributed by atoms with Crippen LogP contribution in [0.5, 0.6) is 0 Å². The quantitative estimate of drug-likeness (QED) is 0.561. The van der Waals surface area contributed by atoms with Crippen molar-refractivity contribution in [2.45, 2.75) is 4.90 Å². The Hall–Kier alpha value is -2.49. The molecule has 9 heteroatoms. The zero-order valence-electron chi connectivity index (χ0n) is 11.6. The van der Waals surface area contributed by atoms with Crippen LogP contribution < -0.4 is 15.8 Å². The molecule has 0 spiro atoms. The molecule has 3 rings (SSSR count). The van der Waals surface area contributed by atoms with Crippen LogP contribution in [-0.2, 0) is 14.8 Å². The van der Waals surface area contributed by atoms with E-state index in [1.165, 1.54) is 18.2 Å². The first-order valence-electron chi connectivity index (χ1n) is 6.40. The molecule has 1 aliphatic rings. The van der Waals surface area contributed by atoms with Gasteiger partial charge in [-0.2, -0.15) is 0 Å². The zero-order valence-corrected chi connectivity index (χ0v) is 13.2. The molecule has 0 bridgehead atoms. The van der Waals surface area contributed by atoms with E-state index < -0.39 is 10.0 Å². The Morgan fingerprint density at radius 3 is 2.35 bits per heavy atom. The number of carbonyl (C=O) groups excluding carboxylic acids is 1. The van der Waals surface area contributed by atoms with Crippen molar-refractivity contribution in [2.24, 2.45) is 5.14 Å². The largest absolute Gasteiger partial charge is 0.457 e. The summed E-state index contributed by atoms with van der Waals surface area (Å²) in [6.07, 6.45) is 1.52. The SMILES string of the molecule is NS(=O)(=O)c1ccc(-c2ccc(C=C3NC(=S)NC3=O)o2)cc1. The van der Waals surface area contributed by atoms with Gasteiger partial charge in [-0.25, -0.2) is 13.6 Å². The number of furan rings is 1. The third-order valence-electron chi connectivity index (χ3n) is 3.10. The first kappa shape index (κ1) is 15.4. The van der Waals surface area contributed by atoms with Crippen molar-refractivity contribution in [1.82, 2.24) is 10.6 Å². The highest BCUT2D eigenvalue weighted by Gasteiger charge is 2.20. The molecule has 1 aliphatic heterocycles. The molecule has 1 saturated heterocycles. The molecular weight excluding hydrogens is 338 g/mol. The van der Waals surface area contributed by atoms with Crippen LogP contribution in [0, 0.1) is 0 Å². The van der Waals surface area contributed by atoms with Crippen molar-refractivity contribution >= 4 is 39.3 Å². The first-order valence-corrected chi connectivity index (χ1v) is 8.35. The molecule has 1 aromatic heterocycles. The van der Waals surface area contributed by atoms with Gasteiger partial charge in [0, 0.05) is 11.6 Å². The molecule has 0 unspecified atom stereocenters. The normalized spacial score (nSPS) is 16.5. The van der Waals surface area contributed by atoms with E-state index in [1.54, 1.807) is 24.3 Å². The van der Waals surface area contributed by atoms with Crippen LogP contribution in [0.4, 0.5) is 0 Å². The number of hydrogen-bond donors (Lipinski definition) is 3. The number of amides is 1. The second-order valence-electron chi connectivity index (χ2n) is 4.74. The van der Waals surface area contributed by atoms with Crippen LogP contribution >= 0.6 is 12.2 Å². The highest BCUT2D eigenvalue weighted by atomic mass is 32.2. The van der Waals surface area contributed by atoms with Gasteiger partial charge in [0.1, 0.15) is 17.2 Å². The molecule has 1 fully saturated rings. The lowest BCUT2D eigenvalue weighted by Gasteiger charge is -2.00. The van der Waals surface area contributed by atoms with Crippen LogP contribution in [0.2, 0.25) is 0 Å². The summed E-state index contributed by atoms with van der Waals surface area (Å²) in [5.74, 6) is 0.655. The highest BCUT2D eigenvalue weighted by molar-refractivity contribution is 7.89. The van der Waals surface area contributed by atoms with Crippen molar-refractivity contribution in [3.63, 3.8) is 0 Å². The minimum absolute atomic E-state index is 0.0236. The number of thiocarbonyl (C=S) groups is 1. The summed E-state index contributed by atoms with van der Waals surface area (Å²) in [7, 11) is -3.73. The molecule has 0 radical (unpaired) electrons. The van der Waals surface area contributed by atoms with Crippen molar-refractivity contribution in [1.29, 1.82) is 0 Å². The van der Waals surface area contributed by atoms with Gasteiger partial charge in [-0.05, 0) is 48.6 Å². The zero-order chi connectivity index (χ0) is 16.6. The number of primary sulfonamides is 1. The molecular formula is C14H11N3O4S2. The van der Waals surface area contributed by atoms with Crippen molar-refractivity contribution in [2.75, 3.05) is 0 Å². The lowest BCUT2D eigenvalue weighted by atomic mass is 10.2. The van der Waals surface area contributed by atoms with Crippen LogP contribution in [0.25, 0.3) is 17.4 Å². The molecule has 0 saturated carbocycles. The maximum absolute atomic E-state index is 11.6. The fourth-order valence-electron chi connectivity index (χ4n) is 2.02. The Morgan fingerprint density at radius 1 is 1.09 bits per heavy atom. The average Bonchev–Trinajstić information content (AvgIpc) is 3.06. The minimum atomic E-state index is -3.73. The van der Waals surface area contributed by atoms with Crippen LogP contribution in [0.1, 0.15) is 5.76 Å². The van der Waals surface area contributed by atoms with Gasteiger partial charge in [-0.3, -0.25) is 10.1 Å². The van der Waals surface area contributed by atoms with Gasteiger partial charge in [-0.15, -0.1) is 0 Å². The Bertz CT molecular complexity index is 927. The predicted octanol–water partition coefficient (Wildman–Crippen LogP) is 0.939. The summed E-state index contributed by atoms with van der Waals surface area (Å²) in [6.45, 7) is 0. The number of hydrogen-bond acceptors (Lipinski definition) is 5. The molecule has 7 nitrogen and oxygen atoms in total. The maximum Gasteiger partial charge on any atom is 0.274 e. The van der Waals surface area contributed by atoms with E-state index in [-0.39, 0.29) is 15.9 Å². The fourth-order valence-corrected chi connectivity index (χ4v) is 2.74. The topological polar surface area (TPSA) is 114 Å². The summed E-state index contributed by atoms with van der Waals surface area (Å²) in [4.78, 5) is 11.6. The first-order chi connectivity index (χ1) is 10.8. The summed E-state index contributed by atoms with van der Waals surface area (Å²) in [6, 6.07) is 9.37. The number of carbonyl (C=O) groups is 1. The van der Waals surface area contributed by atoms with Crippen molar-refractivity contribution < 1.29 is 17.6 Å². The van der Waals surface area contributed by atoms with E-state index in [2.05, 4.69) is 10.6 Å². The van der Waals surface area contributed by atoms with E-state index in [0.717, 1.165) is 0 Å². The van der Waals surface area contributed by atoms with E-state index in [1.807, 2.05) is 0 Å². The third kappa shape index (κ3) is 3.31. The Morgan fingerprint density at radius 2 is 1.78 bits per heavy atom. The van der Waals surface area contributed by atoms with Gasteiger partial charge in [0.05, 0.1) is 4.90 Å². The van der Waals surface area contributed by atoms with E-state index in [0.29, 0.717) is 22.8 Å². The van der Waals surface area contributed by atoms with E-state index >= 15 is 0 Å². The van der Waals surface area contributed by atoms with Crippen molar-refractivity contribution in [3.05, 3.63) is 47.9 Å². The Labute approximate surface area is 137 Å².